The molecule has 2 aliphatic rings. The van der Waals surface area contributed by atoms with Gasteiger partial charge in [-0.3, -0.25) is 4.79 Å². The van der Waals surface area contributed by atoms with Crippen LogP contribution in [0.25, 0.3) is 0 Å². The molecule has 0 heterocycles. The summed E-state index contributed by atoms with van der Waals surface area (Å²) in [6, 6.07) is 0.713. The number of hydrogen-bond donors (Lipinski definition) is 2. The highest BCUT2D eigenvalue weighted by atomic mass is 35.5. The van der Waals surface area contributed by atoms with Gasteiger partial charge < -0.3 is 15.8 Å². The maximum Gasteiger partial charge on any atom is 0.222 e. The van der Waals surface area contributed by atoms with Crippen molar-refractivity contribution in [1.29, 1.82) is 0 Å². The number of ether oxygens (including phenoxy) is 1. The minimum absolute atomic E-state index is 0. The fourth-order valence-corrected chi connectivity index (χ4v) is 3.48. The Balaban J connectivity index is 0.00000162. The lowest BCUT2D eigenvalue weighted by molar-refractivity contribution is -0.124. The normalized spacial score (nSPS) is 34.6. The molecule has 0 saturated heterocycles. The molecule has 0 aromatic rings. The summed E-state index contributed by atoms with van der Waals surface area (Å²) in [6.07, 6.45) is 6.36. The molecule has 0 aliphatic heterocycles. The first-order valence-corrected chi connectivity index (χ1v) is 6.74. The molecule has 3 N–H and O–H groups in total. The molecule has 0 aromatic heterocycles. The number of carbonyl (C=O) groups is 1. The predicted octanol–water partition coefficient (Wildman–Crippen LogP) is 1.47. The average Bonchev–Trinajstić information content (AvgIpc) is 2.27. The topological polar surface area (TPSA) is 64.3 Å². The standard InChI is InChI=1S/C13H24N2O2.ClH/c1-17-6-5-12(16)15-13-9-3-2-4-10(13)8-11(14)7-9;/h9-11,13H,2-8,14H2,1H3,(H,15,16);1H. The highest BCUT2D eigenvalue weighted by Crippen LogP contribution is 2.39. The van der Waals surface area contributed by atoms with E-state index in [1.54, 1.807) is 7.11 Å². The Hall–Kier alpha value is -0.320. The van der Waals surface area contributed by atoms with E-state index in [0.717, 1.165) is 12.8 Å². The summed E-state index contributed by atoms with van der Waals surface area (Å²) in [5, 5.41) is 3.20. The molecule has 0 spiro atoms. The first-order chi connectivity index (χ1) is 8.20. The Kier molecular flexibility index (Phi) is 6.39. The summed E-state index contributed by atoms with van der Waals surface area (Å²) >= 11 is 0. The van der Waals surface area contributed by atoms with Crippen molar-refractivity contribution in [2.24, 2.45) is 17.6 Å². The molecular weight excluding hydrogens is 252 g/mol. The van der Waals surface area contributed by atoms with E-state index in [9.17, 15) is 4.79 Å². The number of nitrogens with one attached hydrogen (secondary N) is 1. The SMILES string of the molecule is COCCC(=O)NC1C2CCCC1CC(N)C2.Cl. The lowest BCUT2D eigenvalue weighted by Gasteiger charge is -2.45. The summed E-state index contributed by atoms with van der Waals surface area (Å²) in [5.41, 5.74) is 6.07. The van der Waals surface area contributed by atoms with Gasteiger partial charge in [0.05, 0.1) is 6.61 Å². The molecule has 5 heteroatoms. The summed E-state index contributed by atoms with van der Waals surface area (Å²) in [7, 11) is 1.63. The largest absolute Gasteiger partial charge is 0.384 e. The Morgan fingerprint density at radius 3 is 2.50 bits per heavy atom. The van der Waals surface area contributed by atoms with E-state index in [4.69, 9.17) is 10.5 Å². The van der Waals surface area contributed by atoms with Crippen molar-refractivity contribution in [2.45, 2.75) is 50.6 Å². The third kappa shape index (κ3) is 3.84. The summed E-state index contributed by atoms with van der Waals surface area (Å²) < 4.78 is 4.93. The van der Waals surface area contributed by atoms with Gasteiger partial charge >= 0.3 is 0 Å². The Morgan fingerprint density at radius 1 is 1.33 bits per heavy atom. The van der Waals surface area contributed by atoms with Crippen LogP contribution in [0.1, 0.15) is 38.5 Å². The second-order valence-electron chi connectivity index (χ2n) is 5.52. The van der Waals surface area contributed by atoms with Crippen LogP contribution in [-0.4, -0.2) is 31.7 Å². The van der Waals surface area contributed by atoms with E-state index in [-0.39, 0.29) is 18.3 Å². The Morgan fingerprint density at radius 2 is 1.94 bits per heavy atom. The minimum atomic E-state index is 0. The van der Waals surface area contributed by atoms with Crippen LogP contribution >= 0.6 is 12.4 Å². The molecule has 2 rings (SSSR count). The van der Waals surface area contributed by atoms with E-state index < -0.39 is 0 Å². The van der Waals surface area contributed by atoms with E-state index >= 15 is 0 Å². The number of carbonyl (C=O) groups excluding carboxylic acids is 1. The Labute approximate surface area is 115 Å². The molecule has 2 atom stereocenters. The fraction of sp³-hybridized carbons (Fsp3) is 0.923. The lowest BCUT2D eigenvalue weighted by Crippen LogP contribution is -2.53. The van der Waals surface area contributed by atoms with Gasteiger partial charge in [-0.05, 0) is 37.5 Å². The molecule has 2 saturated carbocycles. The summed E-state index contributed by atoms with van der Waals surface area (Å²) in [6.45, 7) is 0.507. The number of methoxy groups -OCH3 is 1. The van der Waals surface area contributed by atoms with Crippen molar-refractivity contribution < 1.29 is 9.53 Å². The van der Waals surface area contributed by atoms with Gasteiger partial charge in [0, 0.05) is 25.6 Å². The van der Waals surface area contributed by atoms with Crippen molar-refractivity contribution in [3.05, 3.63) is 0 Å². The number of amides is 1. The zero-order chi connectivity index (χ0) is 12.3. The number of nitrogens with two attached hydrogens (primary N) is 1. The Bertz CT molecular complexity index is 262. The lowest BCUT2D eigenvalue weighted by atomic mass is 9.67. The molecule has 2 aliphatic carbocycles. The molecular formula is C13H25ClN2O2. The van der Waals surface area contributed by atoms with Crippen LogP contribution in [0.15, 0.2) is 0 Å². The zero-order valence-corrected chi connectivity index (χ0v) is 11.9. The van der Waals surface area contributed by atoms with Crippen LogP contribution < -0.4 is 11.1 Å². The quantitative estimate of drug-likeness (QED) is 0.817. The average molecular weight is 277 g/mol. The first kappa shape index (κ1) is 15.7. The third-order valence-corrected chi connectivity index (χ3v) is 4.24. The van der Waals surface area contributed by atoms with E-state index in [0.29, 0.717) is 36.9 Å². The highest BCUT2D eigenvalue weighted by Gasteiger charge is 2.39. The molecule has 2 fully saturated rings. The molecule has 1 amide bonds. The maximum atomic E-state index is 11.8. The van der Waals surface area contributed by atoms with Crippen molar-refractivity contribution in [2.75, 3.05) is 13.7 Å². The molecule has 4 nitrogen and oxygen atoms in total. The van der Waals surface area contributed by atoms with Crippen LogP contribution in [0.2, 0.25) is 0 Å². The van der Waals surface area contributed by atoms with Crippen LogP contribution in [0, 0.1) is 11.8 Å². The van der Waals surface area contributed by atoms with Gasteiger partial charge in [0.1, 0.15) is 0 Å². The molecule has 0 radical (unpaired) electrons. The fourth-order valence-electron chi connectivity index (χ4n) is 3.48. The van der Waals surface area contributed by atoms with Gasteiger partial charge in [-0.15, -0.1) is 12.4 Å². The number of rotatable bonds is 4. The second kappa shape index (κ2) is 7.31. The number of halogens is 1. The third-order valence-electron chi connectivity index (χ3n) is 4.24. The van der Waals surface area contributed by atoms with E-state index in [1.807, 2.05) is 0 Å². The minimum Gasteiger partial charge on any atom is -0.384 e. The van der Waals surface area contributed by atoms with Crippen molar-refractivity contribution in [1.82, 2.24) is 5.32 Å². The first-order valence-electron chi connectivity index (χ1n) is 6.74. The van der Waals surface area contributed by atoms with Gasteiger partial charge in [0.25, 0.3) is 0 Å². The van der Waals surface area contributed by atoms with Gasteiger partial charge in [-0.25, -0.2) is 0 Å². The number of hydrogen-bond acceptors (Lipinski definition) is 3. The monoisotopic (exact) mass is 276 g/mol. The molecule has 18 heavy (non-hydrogen) atoms. The molecule has 0 aromatic carbocycles. The van der Waals surface area contributed by atoms with Gasteiger partial charge in [0.2, 0.25) is 5.91 Å². The van der Waals surface area contributed by atoms with Crippen LogP contribution in [0.5, 0.6) is 0 Å². The molecule has 2 bridgehead atoms. The van der Waals surface area contributed by atoms with Gasteiger partial charge in [0.15, 0.2) is 0 Å². The van der Waals surface area contributed by atoms with Crippen LogP contribution in [0.4, 0.5) is 0 Å². The zero-order valence-electron chi connectivity index (χ0n) is 11.1. The van der Waals surface area contributed by atoms with Crippen molar-refractivity contribution in [3.63, 3.8) is 0 Å². The maximum absolute atomic E-state index is 11.8. The van der Waals surface area contributed by atoms with E-state index in [2.05, 4.69) is 5.32 Å². The molecule has 106 valence electrons. The highest BCUT2D eigenvalue weighted by molar-refractivity contribution is 5.85. The van der Waals surface area contributed by atoms with Crippen LogP contribution in [0.3, 0.4) is 0 Å². The summed E-state index contributed by atoms with van der Waals surface area (Å²) in [4.78, 5) is 11.8. The van der Waals surface area contributed by atoms with Gasteiger partial charge in [-0.1, -0.05) is 6.42 Å². The van der Waals surface area contributed by atoms with Crippen LogP contribution in [-0.2, 0) is 9.53 Å². The van der Waals surface area contributed by atoms with E-state index in [1.165, 1.54) is 19.3 Å². The summed E-state index contributed by atoms with van der Waals surface area (Å²) in [5.74, 6) is 1.33. The van der Waals surface area contributed by atoms with Crippen molar-refractivity contribution >= 4 is 18.3 Å². The molecule has 2 unspecified atom stereocenters. The van der Waals surface area contributed by atoms with Gasteiger partial charge in [-0.2, -0.15) is 0 Å². The second-order valence-corrected chi connectivity index (χ2v) is 5.52. The van der Waals surface area contributed by atoms with Crippen molar-refractivity contribution in [3.8, 4) is 0 Å². The smallest absolute Gasteiger partial charge is 0.222 e. The predicted molar refractivity (Wildman–Crippen MR) is 73.7 cm³/mol. The number of fused-ring (bicyclic) bond motifs is 2.